The van der Waals surface area contributed by atoms with Crippen LogP contribution in [0.25, 0.3) is 11.6 Å². The first-order valence-corrected chi connectivity index (χ1v) is 9.00. The summed E-state index contributed by atoms with van der Waals surface area (Å²) < 4.78 is 5.43. The molecule has 3 nitrogen and oxygen atoms in total. The molecule has 1 atom stereocenters. The Balaban J connectivity index is 1.64. The number of hydrogen-bond acceptors (Lipinski definition) is 2. The van der Waals surface area contributed by atoms with Crippen molar-refractivity contribution in [1.82, 2.24) is 5.32 Å². The third-order valence-corrected chi connectivity index (χ3v) is 4.83. The maximum Gasteiger partial charge on any atom is 0.252 e. The maximum atomic E-state index is 13.1. The average molecular weight is 343 g/mol. The number of carbonyl (C=O) groups is 1. The molecule has 3 aromatic rings. The first-order valence-electron chi connectivity index (χ1n) is 9.00. The molecule has 1 aromatic heterocycles. The van der Waals surface area contributed by atoms with Gasteiger partial charge in [0.1, 0.15) is 5.76 Å². The Kier molecular flexibility index (Phi) is 4.69. The van der Waals surface area contributed by atoms with Gasteiger partial charge in [0, 0.05) is 0 Å². The zero-order valence-corrected chi connectivity index (χ0v) is 14.5. The van der Waals surface area contributed by atoms with Crippen molar-refractivity contribution >= 4 is 17.6 Å². The summed E-state index contributed by atoms with van der Waals surface area (Å²) in [5.74, 6) is 0.595. The van der Waals surface area contributed by atoms with E-state index in [1.54, 1.807) is 12.3 Å². The zero-order chi connectivity index (χ0) is 17.8. The third kappa shape index (κ3) is 3.47. The van der Waals surface area contributed by atoms with Crippen molar-refractivity contribution in [3.63, 3.8) is 0 Å². The lowest BCUT2D eigenvalue weighted by Crippen LogP contribution is -2.31. The minimum Gasteiger partial charge on any atom is -0.465 e. The van der Waals surface area contributed by atoms with Crippen LogP contribution in [0.5, 0.6) is 0 Å². The zero-order valence-electron chi connectivity index (χ0n) is 14.5. The van der Waals surface area contributed by atoms with Gasteiger partial charge in [0.05, 0.1) is 17.9 Å². The highest BCUT2D eigenvalue weighted by atomic mass is 16.3. The molecule has 0 bridgehead atoms. The van der Waals surface area contributed by atoms with E-state index in [1.165, 1.54) is 11.1 Å². The van der Waals surface area contributed by atoms with Gasteiger partial charge in [-0.15, -0.1) is 0 Å². The van der Waals surface area contributed by atoms with Gasteiger partial charge < -0.3 is 9.73 Å². The summed E-state index contributed by atoms with van der Waals surface area (Å²) in [4.78, 5) is 13.1. The molecule has 2 aromatic carbocycles. The molecular formula is C23H21NO2. The van der Waals surface area contributed by atoms with Crippen molar-refractivity contribution in [2.24, 2.45) is 0 Å². The largest absolute Gasteiger partial charge is 0.465 e. The standard InChI is InChI=1S/C23H21NO2/c25-23(24-22-14-6-11-17-10-4-5-13-20(17)22)21(16-19-12-7-15-26-19)18-8-2-1-3-9-18/h1-5,7-10,12-13,15-16,22H,6,11,14H2,(H,24,25)/b21-16+/t22-/m0/s1. The number of rotatable bonds is 4. The van der Waals surface area contributed by atoms with Crippen LogP contribution in [0.15, 0.2) is 77.4 Å². The number of nitrogens with one attached hydrogen (secondary N) is 1. The van der Waals surface area contributed by atoms with Crippen LogP contribution < -0.4 is 5.32 Å². The van der Waals surface area contributed by atoms with Gasteiger partial charge in [-0.25, -0.2) is 0 Å². The van der Waals surface area contributed by atoms with E-state index in [1.807, 2.05) is 48.5 Å². The van der Waals surface area contributed by atoms with Gasteiger partial charge in [-0.05, 0) is 54.2 Å². The van der Waals surface area contributed by atoms with E-state index in [9.17, 15) is 4.79 Å². The van der Waals surface area contributed by atoms with Crippen LogP contribution in [0.4, 0.5) is 0 Å². The summed E-state index contributed by atoms with van der Waals surface area (Å²) >= 11 is 0. The van der Waals surface area contributed by atoms with Crippen LogP contribution >= 0.6 is 0 Å². The molecule has 1 heterocycles. The highest BCUT2D eigenvalue weighted by Crippen LogP contribution is 2.30. The fourth-order valence-corrected chi connectivity index (χ4v) is 3.55. The second-order valence-corrected chi connectivity index (χ2v) is 6.56. The molecule has 3 heteroatoms. The molecule has 4 rings (SSSR count). The van der Waals surface area contributed by atoms with Crippen LogP contribution in [-0.2, 0) is 11.2 Å². The lowest BCUT2D eigenvalue weighted by Gasteiger charge is -2.26. The molecule has 1 aliphatic carbocycles. The van der Waals surface area contributed by atoms with Crippen molar-refractivity contribution < 1.29 is 9.21 Å². The Labute approximate surface area is 153 Å². The summed E-state index contributed by atoms with van der Waals surface area (Å²) in [5.41, 5.74) is 4.06. The van der Waals surface area contributed by atoms with Crippen LogP contribution in [0, 0.1) is 0 Å². The predicted molar refractivity (Wildman–Crippen MR) is 103 cm³/mol. The summed E-state index contributed by atoms with van der Waals surface area (Å²) in [6.45, 7) is 0. The maximum absolute atomic E-state index is 13.1. The first-order chi connectivity index (χ1) is 12.8. The molecule has 0 fully saturated rings. The summed E-state index contributed by atoms with van der Waals surface area (Å²) in [6.07, 6.45) is 6.55. The van der Waals surface area contributed by atoms with E-state index in [0.29, 0.717) is 11.3 Å². The predicted octanol–water partition coefficient (Wildman–Crippen LogP) is 5.01. The average Bonchev–Trinajstić information content (AvgIpc) is 3.20. The van der Waals surface area contributed by atoms with Crippen molar-refractivity contribution in [3.8, 4) is 0 Å². The highest BCUT2D eigenvalue weighted by Gasteiger charge is 2.23. The van der Waals surface area contributed by atoms with Gasteiger partial charge in [-0.2, -0.15) is 0 Å². The van der Waals surface area contributed by atoms with E-state index >= 15 is 0 Å². The van der Waals surface area contributed by atoms with Crippen molar-refractivity contribution in [1.29, 1.82) is 0 Å². The minimum absolute atomic E-state index is 0.0520. The van der Waals surface area contributed by atoms with Crippen LogP contribution in [-0.4, -0.2) is 5.91 Å². The third-order valence-electron chi connectivity index (χ3n) is 4.83. The van der Waals surface area contributed by atoms with Crippen LogP contribution in [0.2, 0.25) is 0 Å². The van der Waals surface area contributed by atoms with E-state index in [0.717, 1.165) is 24.8 Å². The topological polar surface area (TPSA) is 42.2 Å². The second kappa shape index (κ2) is 7.44. The van der Waals surface area contributed by atoms with E-state index < -0.39 is 0 Å². The van der Waals surface area contributed by atoms with Gasteiger partial charge in [-0.1, -0.05) is 54.6 Å². The van der Waals surface area contributed by atoms with E-state index in [2.05, 4.69) is 23.5 Å². The molecule has 0 saturated carbocycles. The highest BCUT2D eigenvalue weighted by molar-refractivity contribution is 6.24. The summed E-state index contributed by atoms with van der Waals surface area (Å²) in [6, 6.07) is 21.8. The Morgan fingerprint density at radius 1 is 1.00 bits per heavy atom. The number of aryl methyl sites for hydroxylation is 1. The summed E-state index contributed by atoms with van der Waals surface area (Å²) in [7, 11) is 0. The Morgan fingerprint density at radius 3 is 2.62 bits per heavy atom. The lowest BCUT2D eigenvalue weighted by atomic mass is 9.87. The molecule has 0 aliphatic heterocycles. The molecule has 0 unspecified atom stereocenters. The van der Waals surface area contributed by atoms with Gasteiger partial charge in [-0.3, -0.25) is 4.79 Å². The summed E-state index contributed by atoms with van der Waals surface area (Å²) in [5, 5.41) is 3.24. The SMILES string of the molecule is O=C(N[C@H]1CCCc2ccccc21)/C(=C/c1ccco1)c1ccccc1. The number of amides is 1. The van der Waals surface area contributed by atoms with Crippen molar-refractivity contribution in [2.75, 3.05) is 0 Å². The Morgan fingerprint density at radius 2 is 1.81 bits per heavy atom. The molecule has 0 saturated heterocycles. The Bertz CT molecular complexity index is 910. The van der Waals surface area contributed by atoms with Crippen LogP contribution in [0.1, 0.15) is 41.3 Å². The molecule has 1 aliphatic rings. The molecular weight excluding hydrogens is 322 g/mol. The molecule has 130 valence electrons. The normalized spacial score (nSPS) is 16.8. The fraction of sp³-hybridized carbons (Fsp3) is 0.174. The molecule has 0 radical (unpaired) electrons. The quantitative estimate of drug-likeness (QED) is 0.676. The van der Waals surface area contributed by atoms with E-state index in [4.69, 9.17) is 4.42 Å². The van der Waals surface area contributed by atoms with E-state index in [-0.39, 0.29) is 11.9 Å². The number of carbonyl (C=O) groups excluding carboxylic acids is 1. The number of hydrogen-bond donors (Lipinski definition) is 1. The Hall–Kier alpha value is -3.07. The van der Waals surface area contributed by atoms with Crippen LogP contribution in [0.3, 0.4) is 0 Å². The molecule has 1 amide bonds. The second-order valence-electron chi connectivity index (χ2n) is 6.56. The number of benzene rings is 2. The smallest absolute Gasteiger partial charge is 0.252 e. The number of fused-ring (bicyclic) bond motifs is 1. The van der Waals surface area contributed by atoms with Gasteiger partial charge in [0.2, 0.25) is 0 Å². The van der Waals surface area contributed by atoms with Crippen molar-refractivity contribution in [3.05, 3.63) is 95.4 Å². The fourth-order valence-electron chi connectivity index (χ4n) is 3.55. The number of furan rings is 1. The van der Waals surface area contributed by atoms with Crippen molar-refractivity contribution in [2.45, 2.75) is 25.3 Å². The van der Waals surface area contributed by atoms with Gasteiger partial charge >= 0.3 is 0 Å². The first kappa shape index (κ1) is 16.4. The molecule has 0 spiro atoms. The van der Waals surface area contributed by atoms with Gasteiger partial charge in [0.15, 0.2) is 0 Å². The molecule has 26 heavy (non-hydrogen) atoms. The molecule has 1 N–H and O–H groups in total. The van der Waals surface area contributed by atoms with Gasteiger partial charge in [0.25, 0.3) is 5.91 Å². The monoisotopic (exact) mass is 343 g/mol. The lowest BCUT2D eigenvalue weighted by molar-refractivity contribution is -0.116. The minimum atomic E-state index is -0.0747.